The molecule has 0 saturated carbocycles. The lowest BCUT2D eigenvalue weighted by Crippen LogP contribution is -2.12. The lowest BCUT2D eigenvalue weighted by Gasteiger charge is -2.07. The fourth-order valence-electron chi connectivity index (χ4n) is 3.26. The first-order valence-corrected chi connectivity index (χ1v) is 8.68. The van der Waals surface area contributed by atoms with Gasteiger partial charge in [-0.05, 0) is 32.4 Å². The van der Waals surface area contributed by atoms with Crippen molar-refractivity contribution in [1.29, 1.82) is 0 Å². The lowest BCUT2D eigenvalue weighted by molar-refractivity contribution is 0.0589. The van der Waals surface area contributed by atoms with E-state index in [9.17, 15) is 4.79 Å². The summed E-state index contributed by atoms with van der Waals surface area (Å²) in [6.07, 6.45) is 0. The maximum atomic E-state index is 12.2. The zero-order chi connectivity index (χ0) is 19.1. The molecule has 0 N–H and O–H groups in total. The molecule has 4 aromatic rings. The largest absolute Gasteiger partial charge is 0.464 e. The van der Waals surface area contributed by atoms with Crippen LogP contribution in [0.1, 0.15) is 33.3 Å². The molecule has 0 bridgehead atoms. The van der Waals surface area contributed by atoms with Crippen LogP contribution in [0.2, 0.25) is 0 Å². The van der Waals surface area contributed by atoms with E-state index in [-0.39, 0.29) is 0 Å². The molecule has 1 aromatic carbocycles. The Morgan fingerprint density at radius 1 is 1.15 bits per heavy atom. The Balaban J connectivity index is 1.79. The number of hydrogen-bond donors (Lipinski definition) is 0. The predicted octanol–water partition coefficient (Wildman–Crippen LogP) is 4.65. The van der Waals surface area contributed by atoms with Crippen LogP contribution in [0.5, 0.6) is 0 Å². The molecule has 0 atom stereocenters. The zero-order valence-electron chi connectivity index (χ0n) is 15.7. The molecule has 0 unspecified atom stereocenters. The number of carbonyl (C=O) groups is 1. The van der Waals surface area contributed by atoms with Crippen LogP contribution in [0.4, 0.5) is 0 Å². The van der Waals surface area contributed by atoms with Gasteiger partial charge in [-0.1, -0.05) is 18.2 Å². The molecule has 6 nitrogen and oxygen atoms in total. The summed E-state index contributed by atoms with van der Waals surface area (Å²) in [4.78, 5) is 16.9. The molecular weight excluding hydrogens is 344 g/mol. The van der Waals surface area contributed by atoms with Gasteiger partial charge in [-0.25, -0.2) is 9.78 Å². The van der Waals surface area contributed by atoms with E-state index in [0.717, 1.165) is 28.1 Å². The second-order valence-electron chi connectivity index (χ2n) is 6.55. The SMILES string of the molecule is COC(=O)c1cc2oc(C)cc2n1Cc1nc(-c2ccccc2C)oc1C. The number of benzene rings is 1. The summed E-state index contributed by atoms with van der Waals surface area (Å²) >= 11 is 0. The summed E-state index contributed by atoms with van der Waals surface area (Å²) in [5.41, 5.74) is 4.70. The third kappa shape index (κ3) is 2.93. The monoisotopic (exact) mass is 364 g/mol. The molecule has 0 aliphatic rings. The number of oxazole rings is 1. The summed E-state index contributed by atoms with van der Waals surface area (Å²) < 4.78 is 18.4. The highest BCUT2D eigenvalue weighted by Crippen LogP contribution is 2.28. The van der Waals surface area contributed by atoms with Gasteiger partial charge in [0.05, 0.1) is 19.2 Å². The summed E-state index contributed by atoms with van der Waals surface area (Å²) in [7, 11) is 1.37. The van der Waals surface area contributed by atoms with Gasteiger partial charge in [0, 0.05) is 17.7 Å². The van der Waals surface area contributed by atoms with E-state index in [2.05, 4.69) is 4.98 Å². The topological polar surface area (TPSA) is 70.4 Å². The average molecular weight is 364 g/mol. The molecule has 3 heterocycles. The number of hydrogen-bond acceptors (Lipinski definition) is 5. The molecule has 0 fully saturated rings. The molecule has 4 rings (SSSR count). The molecule has 0 aliphatic carbocycles. The Morgan fingerprint density at radius 3 is 2.67 bits per heavy atom. The minimum atomic E-state index is -0.417. The molecule has 3 aromatic heterocycles. The van der Waals surface area contributed by atoms with Gasteiger partial charge in [0.15, 0.2) is 5.58 Å². The first-order chi connectivity index (χ1) is 13.0. The van der Waals surface area contributed by atoms with Gasteiger partial charge >= 0.3 is 5.97 Å². The van der Waals surface area contributed by atoms with Crippen LogP contribution in [0.3, 0.4) is 0 Å². The highest BCUT2D eigenvalue weighted by Gasteiger charge is 2.21. The van der Waals surface area contributed by atoms with Crippen LogP contribution in [0, 0.1) is 20.8 Å². The Labute approximate surface area is 156 Å². The fraction of sp³-hybridized carbons (Fsp3) is 0.238. The van der Waals surface area contributed by atoms with E-state index in [0.29, 0.717) is 29.5 Å². The molecule has 6 heteroatoms. The van der Waals surface area contributed by atoms with Crippen molar-refractivity contribution in [2.24, 2.45) is 0 Å². The number of nitrogens with zero attached hydrogens (tertiary/aromatic N) is 2. The minimum Gasteiger partial charge on any atom is -0.464 e. The number of ether oxygens (including phenoxy) is 1. The minimum absolute atomic E-state index is 0.383. The van der Waals surface area contributed by atoms with Gasteiger partial charge in [-0.2, -0.15) is 0 Å². The van der Waals surface area contributed by atoms with Crippen LogP contribution in [0.25, 0.3) is 22.6 Å². The first kappa shape index (κ1) is 17.1. The van der Waals surface area contributed by atoms with Crippen molar-refractivity contribution in [2.75, 3.05) is 7.11 Å². The van der Waals surface area contributed by atoms with Gasteiger partial charge in [0.2, 0.25) is 5.89 Å². The standard InChI is InChI=1S/C21H20N2O4/c1-12-7-5-6-8-15(12)20-22-16(14(3)27-20)11-23-17-9-13(2)26-19(17)10-18(23)21(24)25-4/h5-10H,11H2,1-4H3. The number of aromatic nitrogens is 2. The van der Waals surface area contributed by atoms with Crippen molar-refractivity contribution in [1.82, 2.24) is 9.55 Å². The normalized spacial score (nSPS) is 11.3. The predicted molar refractivity (Wildman–Crippen MR) is 101 cm³/mol. The van der Waals surface area contributed by atoms with Crippen molar-refractivity contribution in [3.8, 4) is 11.5 Å². The number of methoxy groups -OCH3 is 1. The highest BCUT2D eigenvalue weighted by atomic mass is 16.5. The first-order valence-electron chi connectivity index (χ1n) is 8.68. The second kappa shape index (κ2) is 6.46. The lowest BCUT2D eigenvalue weighted by atomic mass is 10.1. The Hall–Kier alpha value is -3.28. The Morgan fingerprint density at radius 2 is 1.93 bits per heavy atom. The Bertz CT molecular complexity index is 1150. The van der Waals surface area contributed by atoms with Gasteiger partial charge in [-0.15, -0.1) is 0 Å². The van der Waals surface area contributed by atoms with E-state index < -0.39 is 5.97 Å². The number of aryl methyl sites for hydroxylation is 3. The molecule has 0 radical (unpaired) electrons. The second-order valence-corrected chi connectivity index (χ2v) is 6.55. The van der Waals surface area contributed by atoms with E-state index >= 15 is 0 Å². The van der Waals surface area contributed by atoms with Crippen molar-refractivity contribution < 1.29 is 18.4 Å². The number of esters is 1. The maximum Gasteiger partial charge on any atom is 0.354 e. The number of fused-ring (bicyclic) bond motifs is 1. The highest BCUT2D eigenvalue weighted by molar-refractivity contribution is 5.94. The molecular formula is C21H20N2O4. The smallest absolute Gasteiger partial charge is 0.354 e. The molecule has 0 amide bonds. The van der Waals surface area contributed by atoms with Gasteiger partial charge in [-0.3, -0.25) is 0 Å². The van der Waals surface area contributed by atoms with Crippen LogP contribution < -0.4 is 0 Å². The summed E-state index contributed by atoms with van der Waals surface area (Å²) in [5.74, 6) is 1.65. The molecule has 27 heavy (non-hydrogen) atoms. The van der Waals surface area contributed by atoms with Crippen molar-refractivity contribution in [3.63, 3.8) is 0 Å². The average Bonchev–Trinajstić information content (AvgIpc) is 3.29. The van der Waals surface area contributed by atoms with Gasteiger partial charge < -0.3 is 18.1 Å². The number of carbonyl (C=O) groups excluding carboxylic acids is 1. The van der Waals surface area contributed by atoms with Crippen molar-refractivity contribution in [2.45, 2.75) is 27.3 Å². The van der Waals surface area contributed by atoms with E-state index in [1.807, 2.05) is 55.7 Å². The molecule has 0 aliphatic heterocycles. The zero-order valence-corrected chi connectivity index (χ0v) is 15.7. The molecule has 0 saturated heterocycles. The van der Waals surface area contributed by atoms with E-state index in [4.69, 9.17) is 13.6 Å². The van der Waals surface area contributed by atoms with Crippen molar-refractivity contribution >= 4 is 17.1 Å². The van der Waals surface area contributed by atoms with Crippen LogP contribution in [-0.2, 0) is 11.3 Å². The number of furan rings is 1. The number of rotatable bonds is 4. The molecule has 138 valence electrons. The van der Waals surface area contributed by atoms with Crippen LogP contribution in [-0.4, -0.2) is 22.6 Å². The van der Waals surface area contributed by atoms with Crippen LogP contribution >= 0.6 is 0 Å². The van der Waals surface area contributed by atoms with E-state index in [1.165, 1.54) is 7.11 Å². The fourth-order valence-corrected chi connectivity index (χ4v) is 3.26. The third-order valence-electron chi connectivity index (χ3n) is 4.68. The van der Waals surface area contributed by atoms with Gasteiger partial charge in [0.25, 0.3) is 0 Å². The molecule has 0 spiro atoms. The maximum absolute atomic E-state index is 12.2. The van der Waals surface area contributed by atoms with Crippen molar-refractivity contribution in [3.05, 3.63) is 64.9 Å². The Kier molecular flexibility index (Phi) is 4.11. The summed E-state index contributed by atoms with van der Waals surface area (Å²) in [5, 5.41) is 0. The van der Waals surface area contributed by atoms with Gasteiger partial charge in [0.1, 0.15) is 22.9 Å². The summed E-state index contributed by atoms with van der Waals surface area (Å²) in [6.45, 7) is 6.16. The summed E-state index contributed by atoms with van der Waals surface area (Å²) in [6, 6.07) is 11.5. The third-order valence-corrected chi connectivity index (χ3v) is 4.68. The van der Waals surface area contributed by atoms with Crippen LogP contribution in [0.15, 0.2) is 45.2 Å². The quantitative estimate of drug-likeness (QED) is 0.493. The van der Waals surface area contributed by atoms with E-state index in [1.54, 1.807) is 6.07 Å².